The lowest BCUT2D eigenvalue weighted by molar-refractivity contribution is 0.126. The lowest BCUT2D eigenvalue weighted by atomic mass is 10.1. The molecule has 0 saturated carbocycles. The third-order valence-electron chi connectivity index (χ3n) is 2.77. The summed E-state index contributed by atoms with van der Waals surface area (Å²) in [7, 11) is 0. The van der Waals surface area contributed by atoms with Crippen LogP contribution < -0.4 is 10.5 Å². The Hall–Kier alpha value is -2.14. The number of hydrogen-bond acceptors (Lipinski definition) is 5. The number of hydrogen-bond donors (Lipinski definition) is 1. The molecule has 20 heavy (non-hydrogen) atoms. The zero-order valence-electron chi connectivity index (χ0n) is 11.7. The predicted molar refractivity (Wildman–Crippen MR) is 77.3 cm³/mol. The smallest absolute Gasteiger partial charge is 0.219 e. The molecule has 0 fully saturated rings. The third-order valence-corrected chi connectivity index (χ3v) is 2.77. The Balaban J connectivity index is 2.10. The SMILES string of the molecule is CCOCc1nc(N)cc(OC(C)c2ccccc2)n1. The Morgan fingerprint density at radius 2 is 1.95 bits per heavy atom. The fourth-order valence-corrected chi connectivity index (χ4v) is 1.78. The number of nitrogens with two attached hydrogens (primary N) is 1. The van der Waals surface area contributed by atoms with Gasteiger partial charge in [-0.3, -0.25) is 0 Å². The summed E-state index contributed by atoms with van der Waals surface area (Å²) in [6.45, 7) is 4.82. The molecule has 5 heteroatoms. The summed E-state index contributed by atoms with van der Waals surface area (Å²) in [6, 6.07) is 11.6. The van der Waals surface area contributed by atoms with E-state index in [1.165, 1.54) is 0 Å². The van der Waals surface area contributed by atoms with Crippen LogP contribution in [0.4, 0.5) is 5.82 Å². The van der Waals surface area contributed by atoms with Crippen molar-refractivity contribution in [3.05, 3.63) is 47.8 Å². The molecule has 1 aromatic carbocycles. The van der Waals surface area contributed by atoms with Crippen molar-refractivity contribution in [3.8, 4) is 5.88 Å². The summed E-state index contributed by atoms with van der Waals surface area (Å²) in [5.74, 6) is 1.37. The van der Waals surface area contributed by atoms with E-state index in [1.807, 2.05) is 44.2 Å². The second-order valence-corrected chi connectivity index (χ2v) is 4.36. The van der Waals surface area contributed by atoms with E-state index in [0.29, 0.717) is 30.7 Å². The average molecular weight is 273 g/mol. The summed E-state index contributed by atoms with van der Waals surface area (Å²) in [4.78, 5) is 8.41. The van der Waals surface area contributed by atoms with Crippen LogP contribution in [0, 0.1) is 0 Å². The average Bonchev–Trinajstić information content (AvgIpc) is 2.45. The van der Waals surface area contributed by atoms with Crippen LogP contribution >= 0.6 is 0 Å². The lowest BCUT2D eigenvalue weighted by Crippen LogP contribution is -2.08. The number of ether oxygens (including phenoxy) is 2. The largest absolute Gasteiger partial charge is 0.470 e. The van der Waals surface area contributed by atoms with Crippen molar-refractivity contribution in [2.45, 2.75) is 26.6 Å². The van der Waals surface area contributed by atoms with Crippen molar-refractivity contribution in [2.24, 2.45) is 0 Å². The zero-order valence-corrected chi connectivity index (χ0v) is 11.7. The third kappa shape index (κ3) is 3.93. The minimum atomic E-state index is -0.106. The first-order valence-corrected chi connectivity index (χ1v) is 6.61. The van der Waals surface area contributed by atoms with Crippen LogP contribution in [0.15, 0.2) is 36.4 Å². The molecule has 1 unspecified atom stereocenters. The highest BCUT2D eigenvalue weighted by Crippen LogP contribution is 2.21. The van der Waals surface area contributed by atoms with Crippen LogP contribution in [0.25, 0.3) is 0 Å². The van der Waals surface area contributed by atoms with E-state index in [2.05, 4.69) is 9.97 Å². The van der Waals surface area contributed by atoms with Gasteiger partial charge in [-0.15, -0.1) is 0 Å². The fourth-order valence-electron chi connectivity index (χ4n) is 1.78. The lowest BCUT2D eigenvalue weighted by Gasteiger charge is -2.15. The van der Waals surface area contributed by atoms with Gasteiger partial charge in [0.05, 0.1) is 0 Å². The highest BCUT2D eigenvalue weighted by molar-refractivity contribution is 5.33. The van der Waals surface area contributed by atoms with E-state index in [1.54, 1.807) is 6.07 Å². The van der Waals surface area contributed by atoms with E-state index in [-0.39, 0.29) is 6.10 Å². The highest BCUT2D eigenvalue weighted by atomic mass is 16.5. The molecule has 0 aliphatic heterocycles. The van der Waals surface area contributed by atoms with Gasteiger partial charge in [0, 0.05) is 12.7 Å². The number of anilines is 1. The quantitative estimate of drug-likeness (QED) is 0.876. The normalized spacial score (nSPS) is 12.1. The highest BCUT2D eigenvalue weighted by Gasteiger charge is 2.10. The predicted octanol–water partition coefficient (Wildman–Crippen LogP) is 2.74. The van der Waals surface area contributed by atoms with Crippen molar-refractivity contribution < 1.29 is 9.47 Å². The Bertz CT molecular complexity index is 546. The first-order valence-electron chi connectivity index (χ1n) is 6.61. The van der Waals surface area contributed by atoms with Gasteiger partial charge in [-0.2, -0.15) is 4.98 Å². The Morgan fingerprint density at radius 3 is 2.65 bits per heavy atom. The molecule has 0 bridgehead atoms. The summed E-state index contributed by atoms with van der Waals surface area (Å²) >= 11 is 0. The number of nitrogen functional groups attached to an aromatic ring is 1. The first-order chi connectivity index (χ1) is 9.69. The minimum absolute atomic E-state index is 0.106. The molecule has 2 rings (SSSR count). The standard InChI is InChI=1S/C15H19N3O2/c1-3-19-10-14-17-13(16)9-15(18-14)20-11(2)12-7-5-4-6-8-12/h4-9,11H,3,10H2,1-2H3,(H2,16,17,18). The molecule has 1 aromatic heterocycles. The van der Waals surface area contributed by atoms with E-state index in [9.17, 15) is 0 Å². The molecule has 106 valence electrons. The molecule has 5 nitrogen and oxygen atoms in total. The summed E-state index contributed by atoms with van der Waals surface area (Å²) in [6.07, 6.45) is -0.106. The molecule has 2 N–H and O–H groups in total. The maximum atomic E-state index is 5.82. The molecule has 0 spiro atoms. The van der Waals surface area contributed by atoms with Gasteiger partial charge in [-0.25, -0.2) is 4.98 Å². The van der Waals surface area contributed by atoms with Gasteiger partial charge >= 0.3 is 0 Å². The molecule has 0 amide bonds. The molecule has 0 aliphatic carbocycles. The van der Waals surface area contributed by atoms with Crippen LogP contribution in [0.2, 0.25) is 0 Å². The molecular weight excluding hydrogens is 254 g/mol. The molecule has 1 heterocycles. The molecular formula is C15H19N3O2. The van der Waals surface area contributed by atoms with Crippen molar-refractivity contribution in [3.63, 3.8) is 0 Å². The van der Waals surface area contributed by atoms with Gasteiger partial charge in [0.1, 0.15) is 18.5 Å². The van der Waals surface area contributed by atoms with E-state index in [0.717, 1.165) is 5.56 Å². The number of nitrogens with zero attached hydrogens (tertiary/aromatic N) is 2. The van der Waals surface area contributed by atoms with Crippen LogP contribution in [0.1, 0.15) is 31.3 Å². The van der Waals surface area contributed by atoms with Crippen molar-refractivity contribution in [1.82, 2.24) is 9.97 Å². The topological polar surface area (TPSA) is 70.3 Å². The van der Waals surface area contributed by atoms with Gasteiger partial charge in [-0.05, 0) is 19.4 Å². The maximum Gasteiger partial charge on any atom is 0.219 e. The van der Waals surface area contributed by atoms with E-state index >= 15 is 0 Å². The van der Waals surface area contributed by atoms with Gasteiger partial charge in [0.25, 0.3) is 0 Å². The Labute approximate surface area is 118 Å². The second-order valence-electron chi connectivity index (χ2n) is 4.36. The minimum Gasteiger partial charge on any atom is -0.470 e. The van der Waals surface area contributed by atoms with E-state index in [4.69, 9.17) is 15.2 Å². The molecule has 0 radical (unpaired) electrons. The number of rotatable bonds is 6. The summed E-state index contributed by atoms with van der Waals surface area (Å²) < 4.78 is 11.1. The van der Waals surface area contributed by atoms with Crippen molar-refractivity contribution >= 4 is 5.82 Å². The first kappa shape index (κ1) is 14.3. The van der Waals surface area contributed by atoms with Crippen molar-refractivity contribution in [2.75, 3.05) is 12.3 Å². The number of aromatic nitrogens is 2. The molecule has 0 aliphatic rings. The second kappa shape index (κ2) is 6.86. The van der Waals surface area contributed by atoms with Crippen LogP contribution in [0.3, 0.4) is 0 Å². The van der Waals surface area contributed by atoms with E-state index < -0.39 is 0 Å². The number of benzene rings is 1. The fraction of sp³-hybridized carbons (Fsp3) is 0.333. The van der Waals surface area contributed by atoms with Crippen LogP contribution in [0.5, 0.6) is 5.88 Å². The van der Waals surface area contributed by atoms with Gasteiger partial charge in [0.15, 0.2) is 5.82 Å². The zero-order chi connectivity index (χ0) is 14.4. The monoisotopic (exact) mass is 273 g/mol. The molecule has 2 aromatic rings. The Kier molecular flexibility index (Phi) is 4.90. The summed E-state index contributed by atoms with van der Waals surface area (Å²) in [5, 5.41) is 0. The van der Waals surface area contributed by atoms with Gasteiger partial charge < -0.3 is 15.2 Å². The summed E-state index contributed by atoms with van der Waals surface area (Å²) in [5.41, 5.74) is 6.84. The molecule has 1 atom stereocenters. The maximum absolute atomic E-state index is 5.82. The van der Waals surface area contributed by atoms with Gasteiger partial charge in [0.2, 0.25) is 5.88 Å². The molecule has 0 saturated heterocycles. The van der Waals surface area contributed by atoms with Crippen LogP contribution in [-0.4, -0.2) is 16.6 Å². The Morgan fingerprint density at radius 1 is 1.20 bits per heavy atom. The van der Waals surface area contributed by atoms with Crippen LogP contribution in [-0.2, 0) is 11.3 Å². The van der Waals surface area contributed by atoms with Crippen molar-refractivity contribution in [1.29, 1.82) is 0 Å². The van der Waals surface area contributed by atoms with Gasteiger partial charge in [-0.1, -0.05) is 30.3 Å².